The molecule has 0 radical (unpaired) electrons. The molecule has 0 aliphatic heterocycles. The quantitative estimate of drug-likeness (QED) is 0.823. The van der Waals surface area contributed by atoms with E-state index in [1.807, 2.05) is 30.3 Å². The van der Waals surface area contributed by atoms with Gasteiger partial charge in [0.15, 0.2) is 0 Å². The van der Waals surface area contributed by atoms with Crippen molar-refractivity contribution in [2.24, 2.45) is 0 Å². The largest absolute Gasteiger partial charge is 0.355 e. The minimum absolute atomic E-state index is 0.0358. The molecular weight excluding hydrogens is 260 g/mol. The van der Waals surface area contributed by atoms with Crippen LogP contribution in [0.2, 0.25) is 0 Å². The highest BCUT2D eigenvalue weighted by Gasteiger charge is 2.06. The van der Waals surface area contributed by atoms with E-state index in [2.05, 4.69) is 36.6 Å². The molecule has 0 heterocycles. The minimum Gasteiger partial charge on any atom is -0.355 e. The van der Waals surface area contributed by atoms with Crippen LogP contribution in [0, 0.1) is 0 Å². The Morgan fingerprint density at radius 3 is 2.29 bits per heavy atom. The summed E-state index contributed by atoms with van der Waals surface area (Å²) in [5.74, 6) is -0.0358. The van der Waals surface area contributed by atoms with Gasteiger partial charge in [-0.2, -0.15) is 0 Å². The first-order valence-corrected chi connectivity index (χ1v) is 7.35. The lowest BCUT2D eigenvalue weighted by Gasteiger charge is -2.14. The highest BCUT2D eigenvalue weighted by molar-refractivity contribution is 5.93. The molecule has 0 aliphatic rings. The summed E-state index contributed by atoms with van der Waals surface area (Å²) in [6.07, 6.45) is 1.09. The molecule has 0 aliphatic carbocycles. The van der Waals surface area contributed by atoms with Gasteiger partial charge in [-0.15, -0.1) is 0 Å². The maximum Gasteiger partial charge on any atom is 0.251 e. The Balaban J connectivity index is 1.85. The second-order valence-electron chi connectivity index (χ2n) is 5.40. The van der Waals surface area contributed by atoms with E-state index in [0.717, 1.165) is 19.5 Å². The van der Waals surface area contributed by atoms with Gasteiger partial charge in [-0.1, -0.05) is 42.5 Å². The van der Waals surface area contributed by atoms with Crippen LogP contribution in [0.3, 0.4) is 0 Å². The van der Waals surface area contributed by atoms with Crippen LogP contribution in [-0.2, 0) is 13.0 Å². The minimum atomic E-state index is -0.0358. The normalized spacial score (nSPS) is 11.9. The third kappa shape index (κ3) is 4.72. The van der Waals surface area contributed by atoms with Gasteiger partial charge >= 0.3 is 0 Å². The monoisotopic (exact) mass is 283 g/mol. The SMILES string of the molecule is CNC(=O)c1ccc(C[NH+](C)CCc2ccccc2)cc1. The van der Waals surface area contributed by atoms with Crippen LogP contribution in [0.1, 0.15) is 21.5 Å². The van der Waals surface area contributed by atoms with Gasteiger partial charge in [0, 0.05) is 24.6 Å². The molecule has 0 fully saturated rings. The first-order valence-electron chi connectivity index (χ1n) is 7.35. The lowest BCUT2D eigenvalue weighted by Crippen LogP contribution is -3.07. The summed E-state index contributed by atoms with van der Waals surface area (Å²) in [5.41, 5.74) is 3.35. The van der Waals surface area contributed by atoms with Crippen molar-refractivity contribution in [3.63, 3.8) is 0 Å². The van der Waals surface area contributed by atoms with E-state index >= 15 is 0 Å². The predicted octanol–water partition coefficient (Wildman–Crippen LogP) is 1.30. The van der Waals surface area contributed by atoms with E-state index in [1.165, 1.54) is 16.0 Å². The van der Waals surface area contributed by atoms with Crippen LogP contribution in [-0.4, -0.2) is 26.5 Å². The van der Waals surface area contributed by atoms with Gasteiger partial charge in [0.2, 0.25) is 0 Å². The Hall–Kier alpha value is -2.13. The average Bonchev–Trinajstić information content (AvgIpc) is 2.54. The molecule has 0 spiro atoms. The smallest absolute Gasteiger partial charge is 0.251 e. The summed E-state index contributed by atoms with van der Waals surface area (Å²) in [4.78, 5) is 13.0. The summed E-state index contributed by atoms with van der Waals surface area (Å²) in [5, 5.41) is 2.64. The van der Waals surface area contributed by atoms with Crippen molar-refractivity contribution in [2.75, 3.05) is 20.6 Å². The maximum absolute atomic E-state index is 11.5. The fourth-order valence-electron chi connectivity index (χ4n) is 2.36. The molecule has 2 aromatic carbocycles. The van der Waals surface area contributed by atoms with Crippen LogP contribution in [0.15, 0.2) is 54.6 Å². The maximum atomic E-state index is 11.5. The highest BCUT2D eigenvalue weighted by atomic mass is 16.1. The summed E-state index contributed by atoms with van der Waals surface area (Å²) < 4.78 is 0. The number of quaternary nitrogens is 1. The molecule has 1 unspecified atom stereocenters. The van der Waals surface area contributed by atoms with E-state index in [9.17, 15) is 4.79 Å². The zero-order valence-corrected chi connectivity index (χ0v) is 12.7. The average molecular weight is 283 g/mol. The molecule has 110 valence electrons. The Morgan fingerprint density at radius 1 is 1.00 bits per heavy atom. The van der Waals surface area contributed by atoms with Gasteiger partial charge in [0.25, 0.3) is 5.91 Å². The first-order chi connectivity index (χ1) is 10.2. The van der Waals surface area contributed by atoms with Crippen LogP contribution in [0.5, 0.6) is 0 Å². The lowest BCUT2D eigenvalue weighted by atomic mass is 10.1. The van der Waals surface area contributed by atoms with Crippen molar-refractivity contribution in [2.45, 2.75) is 13.0 Å². The third-order valence-corrected chi connectivity index (χ3v) is 3.63. The fourth-order valence-corrected chi connectivity index (χ4v) is 2.36. The number of nitrogens with one attached hydrogen (secondary N) is 2. The second-order valence-corrected chi connectivity index (χ2v) is 5.40. The molecule has 2 N–H and O–H groups in total. The van der Waals surface area contributed by atoms with Gasteiger partial charge in [-0.25, -0.2) is 0 Å². The van der Waals surface area contributed by atoms with Crippen LogP contribution in [0.4, 0.5) is 0 Å². The predicted molar refractivity (Wildman–Crippen MR) is 85.4 cm³/mol. The van der Waals surface area contributed by atoms with Gasteiger partial charge in [0.1, 0.15) is 6.54 Å². The Labute approximate surface area is 126 Å². The standard InChI is InChI=1S/C18H22N2O/c1-19-18(21)17-10-8-16(9-11-17)14-20(2)13-12-15-6-4-3-5-7-15/h3-11H,12-14H2,1-2H3,(H,19,21)/p+1. The molecule has 0 saturated carbocycles. The first kappa shape index (κ1) is 15.3. The van der Waals surface area contributed by atoms with Gasteiger partial charge in [-0.3, -0.25) is 4.79 Å². The van der Waals surface area contributed by atoms with E-state index in [0.29, 0.717) is 5.56 Å². The summed E-state index contributed by atoms with van der Waals surface area (Å²) in [7, 11) is 3.85. The molecule has 0 saturated heterocycles. The van der Waals surface area contributed by atoms with Crippen LogP contribution < -0.4 is 10.2 Å². The lowest BCUT2D eigenvalue weighted by molar-refractivity contribution is -0.893. The zero-order valence-electron chi connectivity index (χ0n) is 12.7. The van der Waals surface area contributed by atoms with E-state index < -0.39 is 0 Å². The molecule has 21 heavy (non-hydrogen) atoms. The number of amides is 1. The van der Waals surface area contributed by atoms with Crippen molar-refractivity contribution in [3.05, 3.63) is 71.3 Å². The molecule has 2 aromatic rings. The molecule has 0 bridgehead atoms. The zero-order chi connectivity index (χ0) is 15.1. The number of hydrogen-bond donors (Lipinski definition) is 2. The van der Waals surface area contributed by atoms with Crippen molar-refractivity contribution in [1.82, 2.24) is 5.32 Å². The van der Waals surface area contributed by atoms with Crippen molar-refractivity contribution >= 4 is 5.91 Å². The topological polar surface area (TPSA) is 33.5 Å². The third-order valence-electron chi connectivity index (χ3n) is 3.63. The Bertz CT molecular complexity index is 564. The Morgan fingerprint density at radius 2 is 1.67 bits per heavy atom. The summed E-state index contributed by atoms with van der Waals surface area (Å²) >= 11 is 0. The summed E-state index contributed by atoms with van der Waals surface area (Å²) in [6.45, 7) is 2.07. The number of likely N-dealkylation sites (N-methyl/N-ethyl adjacent to an activating group) is 1. The van der Waals surface area contributed by atoms with Crippen molar-refractivity contribution in [1.29, 1.82) is 0 Å². The van der Waals surface area contributed by atoms with Gasteiger partial charge < -0.3 is 10.2 Å². The van der Waals surface area contributed by atoms with Gasteiger partial charge in [0.05, 0.1) is 13.6 Å². The molecule has 3 nitrogen and oxygen atoms in total. The molecule has 0 aromatic heterocycles. The second kappa shape index (κ2) is 7.60. The van der Waals surface area contributed by atoms with Crippen LogP contribution >= 0.6 is 0 Å². The fraction of sp³-hybridized carbons (Fsp3) is 0.278. The molecule has 1 atom stereocenters. The Kier molecular flexibility index (Phi) is 5.52. The van der Waals surface area contributed by atoms with E-state index in [4.69, 9.17) is 0 Å². The number of carbonyl (C=O) groups is 1. The number of carbonyl (C=O) groups excluding carboxylic acids is 1. The molecule has 3 heteroatoms. The number of hydrogen-bond acceptors (Lipinski definition) is 1. The van der Waals surface area contributed by atoms with Crippen molar-refractivity contribution < 1.29 is 9.69 Å². The molecular formula is C18H23N2O+. The number of benzene rings is 2. The number of rotatable bonds is 6. The van der Waals surface area contributed by atoms with Gasteiger partial charge in [-0.05, 0) is 17.7 Å². The van der Waals surface area contributed by atoms with E-state index in [-0.39, 0.29) is 5.91 Å². The highest BCUT2D eigenvalue weighted by Crippen LogP contribution is 2.03. The van der Waals surface area contributed by atoms with E-state index in [1.54, 1.807) is 7.05 Å². The molecule has 2 rings (SSSR count). The van der Waals surface area contributed by atoms with Crippen molar-refractivity contribution in [3.8, 4) is 0 Å². The molecule has 1 amide bonds. The summed E-state index contributed by atoms with van der Waals surface area (Å²) in [6, 6.07) is 18.4. The van der Waals surface area contributed by atoms with Crippen LogP contribution in [0.25, 0.3) is 0 Å².